The molecule has 24 heavy (non-hydrogen) atoms. The molecule has 2 atom stereocenters. The molecule has 10 heteroatoms. The first-order chi connectivity index (χ1) is 10.5. The predicted octanol–water partition coefficient (Wildman–Crippen LogP) is -1.56. The zero-order chi connectivity index (χ0) is 16.4. The van der Waals surface area contributed by atoms with Crippen molar-refractivity contribution >= 4 is 37.1 Å². The van der Waals surface area contributed by atoms with Gasteiger partial charge in [-0.2, -0.15) is 25.3 Å². The fourth-order valence-corrected chi connectivity index (χ4v) is 2.83. The van der Waals surface area contributed by atoms with E-state index < -0.39 is 12.0 Å². The van der Waals surface area contributed by atoms with Gasteiger partial charge in [-0.25, -0.2) is 4.79 Å². The van der Waals surface area contributed by atoms with Gasteiger partial charge < -0.3 is 21.8 Å². The minimum absolute atomic E-state index is 0. The molecule has 0 aliphatic carbocycles. The van der Waals surface area contributed by atoms with E-state index in [4.69, 9.17) is 5.11 Å². The quantitative estimate of drug-likeness (QED) is 0.192. The number of carbonyl (C=O) groups is 2. The molecule has 0 aliphatic heterocycles. The fourth-order valence-electron chi connectivity index (χ4n) is 2.00. The van der Waals surface area contributed by atoms with Crippen LogP contribution in [0.3, 0.4) is 0 Å². The van der Waals surface area contributed by atoms with Gasteiger partial charge >= 0.3 is 35.5 Å². The molecule has 1 unspecified atom stereocenters. The molecule has 1 aromatic rings. The topological polar surface area (TPSA) is 93.4 Å². The normalized spacial score (nSPS) is 12.4. The van der Waals surface area contributed by atoms with Gasteiger partial charge in [0.1, 0.15) is 6.04 Å². The molecule has 1 amide bonds. The molecular formula is C14H23N3NaO3S2Zn-. The van der Waals surface area contributed by atoms with E-state index in [0.29, 0.717) is 17.4 Å². The molecule has 0 aromatic carbocycles. The van der Waals surface area contributed by atoms with Crippen molar-refractivity contribution in [3.8, 4) is 0 Å². The summed E-state index contributed by atoms with van der Waals surface area (Å²) in [6.07, 6.45) is 6.80. The van der Waals surface area contributed by atoms with Crippen molar-refractivity contribution in [2.75, 3.05) is 5.75 Å². The van der Waals surface area contributed by atoms with E-state index in [9.17, 15) is 9.59 Å². The van der Waals surface area contributed by atoms with Gasteiger partial charge in [0.2, 0.25) is 5.91 Å². The van der Waals surface area contributed by atoms with Crippen molar-refractivity contribution in [2.45, 2.75) is 49.8 Å². The summed E-state index contributed by atoms with van der Waals surface area (Å²) in [5.74, 6) is -0.517. The third kappa shape index (κ3) is 11.9. The number of nitrogens with one attached hydrogen (secondary N) is 1. The molecule has 1 rings (SSSR count). The first kappa shape index (κ1) is 26.7. The summed E-state index contributed by atoms with van der Waals surface area (Å²) < 4.78 is 0. The standard InChI is InChI=1S/C14H23N3O3S2.Na.Zn.H/c18-13(4-2-1-3-11(22)5-6-21)17-12(14(19)20)7-10-8-15-9-16-10;;;/h8-9,11-12H,1-7H2,(H5,15,16,17,18,19,20,21,22);;;/q;+1;;-1/p-1/t11?,12-;;;/m0.../s1. The van der Waals surface area contributed by atoms with Crippen molar-refractivity contribution in [3.05, 3.63) is 18.2 Å². The zero-order valence-corrected chi connectivity index (χ0v) is 20.8. The van der Waals surface area contributed by atoms with Crippen LogP contribution in [0.5, 0.6) is 0 Å². The molecule has 1 aromatic heterocycles. The minimum atomic E-state index is -1.07. The predicted molar refractivity (Wildman–Crippen MR) is 91.7 cm³/mol. The number of amides is 1. The largest absolute Gasteiger partial charge is 1.00 e. The van der Waals surface area contributed by atoms with Crippen molar-refractivity contribution in [1.29, 1.82) is 0 Å². The number of hydrogen-bond donors (Lipinski definition) is 4. The number of carbonyl (C=O) groups excluding carboxylic acids is 1. The molecule has 0 fully saturated rings. The third-order valence-corrected chi connectivity index (χ3v) is 3.99. The second kappa shape index (κ2) is 15.7. The number of imidazole rings is 1. The minimum Gasteiger partial charge on any atom is -1.00 e. The Morgan fingerprint density at radius 1 is 1.38 bits per heavy atom. The summed E-state index contributed by atoms with van der Waals surface area (Å²) in [7, 11) is 0. The van der Waals surface area contributed by atoms with Crippen LogP contribution in [0.4, 0.5) is 0 Å². The van der Waals surface area contributed by atoms with Gasteiger partial charge in [-0.15, -0.1) is 0 Å². The van der Waals surface area contributed by atoms with E-state index in [-0.39, 0.29) is 62.8 Å². The first-order valence-electron chi connectivity index (χ1n) is 7.25. The molecule has 0 saturated carbocycles. The Hall–Kier alpha value is 0.473. The van der Waals surface area contributed by atoms with Crippen LogP contribution < -0.4 is 39.9 Å². The van der Waals surface area contributed by atoms with E-state index >= 15 is 0 Å². The maximum atomic E-state index is 11.8. The molecule has 2 N–H and O–H groups in total. The van der Waals surface area contributed by atoms with Gasteiger partial charge in [-0.05, 0) is 31.4 Å². The number of carboxylic acids is 1. The van der Waals surface area contributed by atoms with Crippen molar-refractivity contribution < 1.29 is 65.2 Å². The SMILES string of the molecule is O=C(CCCCC(S)CCS)N[C@@H](Cc1c[n-]cn1)C(=O)O.[H-].[Na+].[Zn]. The smallest absolute Gasteiger partial charge is 1.00 e. The second-order valence-corrected chi connectivity index (χ2v) is 6.27. The molecule has 0 radical (unpaired) electrons. The molecule has 0 saturated heterocycles. The Morgan fingerprint density at radius 3 is 2.62 bits per heavy atom. The van der Waals surface area contributed by atoms with Gasteiger partial charge in [0.15, 0.2) is 0 Å². The van der Waals surface area contributed by atoms with Crippen LogP contribution >= 0.6 is 25.3 Å². The number of nitrogens with zero attached hydrogens (tertiary/aromatic N) is 2. The summed E-state index contributed by atoms with van der Waals surface area (Å²) in [4.78, 5) is 30.7. The number of aromatic nitrogens is 2. The van der Waals surface area contributed by atoms with Crippen LogP contribution in [0, 0.1) is 0 Å². The maximum absolute atomic E-state index is 11.8. The number of thiol groups is 2. The van der Waals surface area contributed by atoms with Crippen LogP contribution in [0.1, 0.15) is 39.2 Å². The van der Waals surface area contributed by atoms with Crippen LogP contribution in [0.2, 0.25) is 0 Å². The average Bonchev–Trinajstić information content (AvgIpc) is 2.96. The van der Waals surface area contributed by atoms with Gasteiger partial charge in [0.25, 0.3) is 0 Å². The monoisotopic (exact) mass is 432 g/mol. The first-order valence-corrected chi connectivity index (χ1v) is 8.40. The van der Waals surface area contributed by atoms with Gasteiger partial charge in [0, 0.05) is 31.1 Å². The number of carboxylic acid groups (broad SMARTS) is 1. The zero-order valence-electron chi connectivity index (χ0n) is 15.0. The molecular weight excluding hydrogens is 411 g/mol. The molecule has 0 aliphatic rings. The molecule has 1 heterocycles. The Morgan fingerprint density at radius 2 is 2.08 bits per heavy atom. The van der Waals surface area contributed by atoms with Gasteiger partial charge in [0.05, 0.1) is 0 Å². The van der Waals surface area contributed by atoms with Gasteiger partial charge in [-0.3, -0.25) is 4.79 Å². The van der Waals surface area contributed by atoms with Crippen molar-refractivity contribution in [1.82, 2.24) is 15.3 Å². The number of rotatable bonds is 11. The number of aliphatic carboxylic acids is 1. The molecule has 128 valence electrons. The Bertz CT molecular complexity index is 472. The molecule has 6 nitrogen and oxygen atoms in total. The summed E-state index contributed by atoms with van der Waals surface area (Å²) in [5, 5.41) is 12.0. The van der Waals surface area contributed by atoms with Crippen LogP contribution in [0.15, 0.2) is 12.5 Å². The molecule has 0 spiro atoms. The van der Waals surface area contributed by atoms with Crippen LogP contribution in [-0.2, 0) is 35.5 Å². The van der Waals surface area contributed by atoms with Gasteiger partial charge in [-0.1, -0.05) is 24.6 Å². The maximum Gasteiger partial charge on any atom is 1.00 e. The van der Waals surface area contributed by atoms with E-state index in [1.165, 1.54) is 12.5 Å². The molecule has 0 bridgehead atoms. The summed E-state index contributed by atoms with van der Waals surface area (Å²) in [6.45, 7) is 0. The summed E-state index contributed by atoms with van der Waals surface area (Å²) >= 11 is 8.58. The van der Waals surface area contributed by atoms with Crippen LogP contribution in [-0.4, -0.2) is 39.0 Å². The Kier molecular flexibility index (Phi) is 17.5. The van der Waals surface area contributed by atoms with Crippen molar-refractivity contribution in [2.24, 2.45) is 0 Å². The van der Waals surface area contributed by atoms with E-state index in [0.717, 1.165) is 31.4 Å². The Balaban J connectivity index is -0.00000161. The average molecular weight is 434 g/mol. The number of unbranched alkanes of at least 4 members (excludes halogenated alkanes) is 1. The third-order valence-electron chi connectivity index (χ3n) is 3.21. The number of hydrogen-bond acceptors (Lipinski definition) is 5. The Labute approximate surface area is 190 Å². The summed E-state index contributed by atoms with van der Waals surface area (Å²) in [6, 6.07) is -0.967. The summed E-state index contributed by atoms with van der Waals surface area (Å²) in [5.41, 5.74) is 0.553. The van der Waals surface area contributed by atoms with Crippen LogP contribution in [0.25, 0.3) is 0 Å². The van der Waals surface area contributed by atoms with Crippen molar-refractivity contribution in [3.63, 3.8) is 0 Å². The fraction of sp³-hybridized carbons (Fsp3) is 0.643. The van der Waals surface area contributed by atoms with E-state index in [1.54, 1.807) is 0 Å². The van der Waals surface area contributed by atoms with E-state index in [1.807, 2.05) is 0 Å². The van der Waals surface area contributed by atoms with E-state index in [2.05, 4.69) is 40.5 Å². The second-order valence-electron chi connectivity index (χ2n) is 5.09.